The van der Waals surface area contributed by atoms with Gasteiger partial charge in [0, 0.05) is 11.2 Å². The van der Waals surface area contributed by atoms with Crippen LogP contribution in [-0.4, -0.2) is 22.9 Å². The van der Waals surface area contributed by atoms with Crippen LogP contribution >= 0.6 is 11.8 Å². The molecule has 1 N–H and O–H groups in total. The molecule has 13 heavy (non-hydrogen) atoms. The summed E-state index contributed by atoms with van der Waals surface area (Å²) in [5, 5.41) is 4.29. The van der Waals surface area contributed by atoms with Crippen molar-refractivity contribution in [2.24, 2.45) is 10.9 Å². The molecule has 3 nitrogen and oxygen atoms in total. The quantitative estimate of drug-likeness (QED) is 0.728. The number of carbonyl (C=O) groups is 1. The topological polar surface area (TPSA) is 41.5 Å². The number of hydrogen-bond acceptors (Lipinski definition) is 3. The molecular formula is C9H14N2OS. The third-order valence-corrected chi connectivity index (χ3v) is 3.62. The maximum atomic E-state index is 11.4. The van der Waals surface area contributed by atoms with Crippen LogP contribution in [0.25, 0.3) is 0 Å². The zero-order chi connectivity index (χ0) is 9.26. The van der Waals surface area contributed by atoms with E-state index in [0.717, 1.165) is 31.0 Å². The van der Waals surface area contributed by atoms with Crippen molar-refractivity contribution in [3.63, 3.8) is 0 Å². The van der Waals surface area contributed by atoms with Gasteiger partial charge in [-0.2, -0.15) is 0 Å². The Labute approximate surface area is 82.4 Å². The van der Waals surface area contributed by atoms with Gasteiger partial charge < -0.3 is 5.32 Å². The number of nitrogens with one attached hydrogen (secondary N) is 1. The van der Waals surface area contributed by atoms with Gasteiger partial charge in [0.2, 0.25) is 5.91 Å². The molecule has 0 aromatic rings. The normalized spacial score (nSPS) is 27.2. The predicted octanol–water partition coefficient (Wildman–Crippen LogP) is 1.39. The van der Waals surface area contributed by atoms with Gasteiger partial charge >= 0.3 is 0 Å². The molecule has 0 saturated heterocycles. The smallest absolute Gasteiger partial charge is 0.229 e. The molecule has 0 radical (unpaired) electrons. The summed E-state index contributed by atoms with van der Waals surface area (Å²) in [6.07, 6.45) is 3.24. The summed E-state index contributed by atoms with van der Waals surface area (Å²) in [5.41, 5.74) is 0. The number of carbonyl (C=O) groups excluding carboxylic acids is 1. The number of nitrogens with zero attached hydrogens (tertiary/aromatic N) is 1. The predicted molar refractivity (Wildman–Crippen MR) is 54.8 cm³/mol. The maximum Gasteiger partial charge on any atom is 0.229 e. The van der Waals surface area contributed by atoms with Crippen molar-refractivity contribution in [1.82, 2.24) is 5.32 Å². The minimum absolute atomic E-state index is 0.169. The van der Waals surface area contributed by atoms with E-state index in [1.165, 1.54) is 0 Å². The SMILES string of the molecule is CCC1CN=C(NC(=O)C2CC2)S1. The number of thioether (sulfide) groups is 1. The van der Waals surface area contributed by atoms with E-state index in [0.29, 0.717) is 5.25 Å². The first-order chi connectivity index (χ1) is 6.29. The highest BCUT2D eigenvalue weighted by molar-refractivity contribution is 8.14. The fraction of sp³-hybridized carbons (Fsp3) is 0.778. The Morgan fingerprint density at radius 1 is 1.69 bits per heavy atom. The fourth-order valence-electron chi connectivity index (χ4n) is 1.25. The third kappa shape index (κ3) is 2.24. The van der Waals surface area contributed by atoms with Gasteiger partial charge in [-0.1, -0.05) is 18.7 Å². The number of amides is 1. The Morgan fingerprint density at radius 3 is 3.00 bits per heavy atom. The van der Waals surface area contributed by atoms with Crippen molar-refractivity contribution in [3.8, 4) is 0 Å². The number of rotatable bonds is 2. The van der Waals surface area contributed by atoms with Crippen LogP contribution in [0.5, 0.6) is 0 Å². The molecule has 1 fully saturated rings. The lowest BCUT2D eigenvalue weighted by Gasteiger charge is -2.04. The van der Waals surface area contributed by atoms with Crippen LogP contribution in [0, 0.1) is 5.92 Å². The summed E-state index contributed by atoms with van der Waals surface area (Å²) in [5.74, 6) is 0.451. The highest BCUT2D eigenvalue weighted by atomic mass is 32.2. The minimum Gasteiger partial charge on any atom is -0.305 e. The van der Waals surface area contributed by atoms with E-state index in [-0.39, 0.29) is 11.8 Å². The molecule has 1 amide bonds. The molecule has 4 heteroatoms. The van der Waals surface area contributed by atoms with E-state index >= 15 is 0 Å². The highest BCUT2D eigenvalue weighted by Gasteiger charge is 2.31. The summed E-state index contributed by atoms with van der Waals surface area (Å²) in [6.45, 7) is 3.01. The van der Waals surface area contributed by atoms with E-state index in [2.05, 4.69) is 17.2 Å². The molecule has 0 bridgehead atoms. The van der Waals surface area contributed by atoms with Crippen molar-refractivity contribution in [2.45, 2.75) is 31.4 Å². The van der Waals surface area contributed by atoms with E-state index in [1.54, 1.807) is 11.8 Å². The summed E-state index contributed by atoms with van der Waals surface area (Å²) in [6, 6.07) is 0. The molecule has 1 aliphatic carbocycles. The average Bonchev–Trinajstić information content (AvgIpc) is 2.88. The van der Waals surface area contributed by atoms with Gasteiger partial charge in [0.1, 0.15) is 0 Å². The van der Waals surface area contributed by atoms with Gasteiger partial charge in [-0.05, 0) is 19.3 Å². The molecule has 2 aliphatic rings. The standard InChI is InChI=1S/C9H14N2OS/c1-2-7-5-10-9(13-7)11-8(12)6-3-4-6/h6-7H,2-5H2,1H3,(H,10,11,12). The molecule has 1 unspecified atom stereocenters. The van der Waals surface area contributed by atoms with Crippen molar-refractivity contribution in [1.29, 1.82) is 0 Å². The molecule has 2 rings (SSSR count). The molecule has 1 heterocycles. The zero-order valence-electron chi connectivity index (χ0n) is 7.75. The largest absolute Gasteiger partial charge is 0.305 e. The van der Waals surface area contributed by atoms with Crippen LogP contribution in [0.2, 0.25) is 0 Å². The molecular weight excluding hydrogens is 184 g/mol. The van der Waals surface area contributed by atoms with Crippen LogP contribution in [0.15, 0.2) is 4.99 Å². The molecule has 0 aromatic heterocycles. The highest BCUT2D eigenvalue weighted by Crippen LogP contribution is 2.30. The molecule has 1 saturated carbocycles. The van der Waals surface area contributed by atoms with Crippen molar-refractivity contribution >= 4 is 22.8 Å². The second-order valence-corrected chi connectivity index (χ2v) is 4.85. The average molecular weight is 198 g/mol. The Morgan fingerprint density at radius 2 is 2.46 bits per heavy atom. The fourth-order valence-corrected chi connectivity index (χ4v) is 2.19. The van der Waals surface area contributed by atoms with Gasteiger partial charge in [-0.3, -0.25) is 9.79 Å². The molecule has 0 spiro atoms. The summed E-state index contributed by atoms with van der Waals surface area (Å²) < 4.78 is 0. The van der Waals surface area contributed by atoms with E-state index in [9.17, 15) is 4.79 Å². The second kappa shape index (κ2) is 3.70. The summed E-state index contributed by atoms with van der Waals surface area (Å²) in [4.78, 5) is 15.6. The van der Waals surface area contributed by atoms with Gasteiger partial charge in [-0.25, -0.2) is 0 Å². The van der Waals surface area contributed by atoms with Crippen LogP contribution < -0.4 is 5.32 Å². The van der Waals surface area contributed by atoms with E-state index in [1.807, 2.05) is 0 Å². The molecule has 1 aliphatic heterocycles. The number of aliphatic imine (C=N–C) groups is 1. The van der Waals surface area contributed by atoms with Crippen LogP contribution in [0.4, 0.5) is 0 Å². The van der Waals surface area contributed by atoms with E-state index < -0.39 is 0 Å². The summed E-state index contributed by atoms with van der Waals surface area (Å²) >= 11 is 1.70. The number of amidine groups is 1. The minimum atomic E-state index is 0.169. The summed E-state index contributed by atoms with van der Waals surface area (Å²) in [7, 11) is 0. The Kier molecular flexibility index (Phi) is 2.58. The monoisotopic (exact) mass is 198 g/mol. The van der Waals surface area contributed by atoms with Crippen molar-refractivity contribution in [3.05, 3.63) is 0 Å². The molecule has 72 valence electrons. The Balaban J connectivity index is 1.79. The van der Waals surface area contributed by atoms with Gasteiger partial charge in [0.05, 0.1) is 6.54 Å². The Hall–Kier alpha value is -0.510. The van der Waals surface area contributed by atoms with Gasteiger partial charge in [0.15, 0.2) is 5.17 Å². The molecule has 1 atom stereocenters. The number of hydrogen-bond donors (Lipinski definition) is 1. The van der Waals surface area contributed by atoms with Crippen LogP contribution in [0.3, 0.4) is 0 Å². The lowest BCUT2D eigenvalue weighted by molar-refractivity contribution is -0.120. The van der Waals surface area contributed by atoms with E-state index in [4.69, 9.17) is 0 Å². The Bertz CT molecular complexity index is 248. The van der Waals surface area contributed by atoms with Crippen LogP contribution in [0.1, 0.15) is 26.2 Å². The van der Waals surface area contributed by atoms with Crippen molar-refractivity contribution < 1.29 is 4.79 Å². The third-order valence-electron chi connectivity index (χ3n) is 2.35. The first kappa shape index (κ1) is 9.06. The lowest BCUT2D eigenvalue weighted by atomic mass is 10.3. The van der Waals surface area contributed by atoms with Gasteiger partial charge in [0.25, 0.3) is 0 Å². The second-order valence-electron chi connectivity index (χ2n) is 3.56. The molecule has 0 aromatic carbocycles. The van der Waals surface area contributed by atoms with Crippen LogP contribution in [-0.2, 0) is 4.79 Å². The first-order valence-electron chi connectivity index (χ1n) is 4.81. The first-order valence-corrected chi connectivity index (χ1v) is 5.69. The lowest BCUT2D eigenvalue weighted by Crippen LogP contribution is -2.28. The maximum absolute atomic E-state index is 11.4. The zero-order valence-corrected chi connectivity index (χ0v) is 8.56. The van der Waals surface area contributed by atoms with Crippen molar-refractivity contribution in [2.75, 3.05) is 6.54 Å². The van der Waals surface area contributed by atoms with Gasteiger partial charge in [-0.15, -0.1) is 0 Å².